The molecular weight excluding hydrogens is 183 g/mol. The summed E-state index contributed by atoms with van der Waals surface area (Å²) in [7, 11) is 0. The van der Waals surface area contributed by atoms with Gasteiger partial charge >= 0.3 is 0 Å². The highest BCUT2D eigenvalue weighted by atomic mass is 19.1. The Morgan fingerprint density at radius 1 is 1.50 bits per heavy atom. The molecule has 0 aromatic heterocycles. The first-order valence-corrected chi connectivity index (χ1v) is 4.59. The number of hydrogen-bond donors (Lipinski definition) is 3. The van der Waals surface area contributed by atoms with Gasteiger partial charge < -0.3 is 16.2 Å². The zero-order valence-corrected chi connectivity index (χ0v) is 7.76. The Morgan fingerprint density at radius 2 is 2.21 bits per heavy atom. The molecule has 0 amide bonds. The zero-order valence-electron chi connectivity index (χ0n) is 7.76. The SMILES string of the molecule is Nc1ccc(NC2(CO)CC2)c(F)c1. The Labute approximate surface area is 81.7 Å². The van der Waals surface area contributed by atoms with E-state index in [1.807, 2.05) is 0 Å². The third-order valence-electron chi connectivity index (χ3n) is 2.55. The fourth-order valence-corrected chi connectivity index (χ4v) is 1.39. The van der Waals surface area contributed by atoms with E-state index < -0.39 is 0 Å². The fraction of sp³-hybridized carbons (Fsp3) is 0.400. The summed E-state index contributed by atoms with van der Waals surface area (Å²) in [6.07, 6.45) is 1.76. The third-order valence-corrected chi connectivity index (χ3v) is 2.55. The molecule has 1 aromatic rings. The highest BCUT2D eigenvalue weighted by Gasteiger charge is 2.42. The molecule has 1 aromatic carbocycles. The molecule has 4 N–H and O–H groups in total. The highest BCUT2D eigenvalue weighted by molar-refractivity contribution is 5.54. The Hall–Kier alpha value is -1.29. The number of nitrogens with one attached hydrogen (secondary N) is 1. The van der Waals surface area contributed by atoms with Gasteiger partial charge in [0.2, 0.25) is 0 Å². The molecule has 4 heteroatoms. The van der Waals surface area contributed by atoms with Crippen LogP contribution in [0, 0.1) is 5.82 Å². The molecule has 14 heavy (non-hydrogen) atoms. The molecule has 0 heterocycles. The van der Waals surface area contributed by atoms with Crippen molar-refractivity contribution >= 4 is 11.4 Å². The van der Waals surface area contributed by atoms with Crippen LogP contribution in [-0.2, 0) is 0 Å². The predicted molar refractivity (Wildman–Crippen MR) is 53.5 cm³/mol. The Morgan fingerprint density at radius 3 is 2.71 bits per heavy atom. The Balaban J connectivity index is 2.17. The lowest BCUT2D eigenvalue weighted by molar-refractivity contribution is 0.266. The van der Waals surface area contributed by atoms with Crippen LogP contribution in [0.25, 0.3) is 0 Å². The molecule has 2 rings (SSSR count). The van der Waals surface area contributed by atoms with Crippen molar-refractivity contribution in [1.29, 1.82) is 0 Å². The van der Waals surface area contributed by atoms with Crippen molar-refractivity contribution in [2.45, 2.75) is 18.4 Å². The van der Waals surface area contributed by atoms with Gasteiger partial charge in [-0.25, -0.2) is 4.39 Å². The number of benzene rings is 1. The van der Waals surface area contributed by atoms with Crippen LogP contribution in [0.3, 0.4) is 0 Å². The molecule has 0 radical (unpaired) electrons. The summed E-state index contributed by atoms with van der Waals surface area (Å²) in [6.45, 7) is 0.0385. The van der Waals surface area contributed by atoms with E-state index in [2.05, 4.69) is 5.32 Å². The van der Waals surface area contributed by atoms with Crippen molar-refractivity contribution in [2.75, 3.05) is 17.7 Å². The van der Waals surface area contributed by atoms with Gasteiger partial charge in [0.05, 0.1) is 17.8 Å². The van der Waals surface area contributed by atoms with E-state index in [-0.39, 0.29) is 18.0 Å². The van der Waals surface area contributed by atoms with Crippen LogP contribution in [0.15, 0.2) is 18.2 Å². The van der Waals surface area contributed by atoms with Gasteiger partial charge in [0.25, 0.3) is 0 Å². The maximum atomic E-state index is 13.3. The van der Waals surface area contributed by atoms with Gasteiger partial charge in [0.15, 0.2) is 0 Å². The third kappa shape index (κ3) is 1.65. The van der Waals surface area contributed by atoms with Gasteiger partial charge in [-0.1, -0.05) is 0 Å². The molecule has 0 unspecified atom stereocenters. The Bertz CT molecular complexity index is 350. The lowest BCUT2D eigenvalue weighted by Gasteiger charge is -2.16. The molecule has 0 bridgehead atoms. The van der Waals surface area contributed by atoms with Crippen molar-refractivity contribution in [3.8, 4) is 0 Å². The summed E-state index contributed by atoms with van der Waals surface area (Å²) in [6, 6.07) is 4.51. The van der Waals surface area contributed by atoms with E-state index in [1.165, 1.54) is 6.07 Å². The van der Waals surface area contributed by atoms with Gasteiger partial charge in [0, 0.05) is 5.69 Å². The molecule has 76 valence electrons. The van der Waals surface area contributed by atoms with Crippen LogP contribution in [0.4, 0.5) is 15.8 Å². The van der Waals surface area contributed by atoms with Gasteiger partial charge in [-0.05, 0) is 31.0 Å². The van der Waals surface area contributed by atoms with E-state index in [4.69, 9.17) is 10.8 Å². The van der Waals surface area contributed by atoms with Crippen molar-refractivity contribution in [3.05, 3.63) is 24.0 Å². The minimum Gasteiger partial charge on any atom is -0.399 e. The van der Waals surface area contributed by atoms with Gasteiger partial charge in [-0.15, -0.1) is 0 Å². The van der Waals surface area contributed by atoms with Crippen LogP contribution >= 0.6 is 0 Å². The lowest BCUT2D eigenvalue weighted by atomic mass is 10.2. The number of hydrogen-bond acceptors (Lipinski definition) is 3. The molecule has 0 saturated heterocycles. The van der Waals surface area contributed by atoms with E-state index in [9.17, 15) is 4.39 Å². The largest absolute Gasteiger partial charge is 0.399 e. The number of aliphatic hydroxyl groups is 1. The first-order valence-electron chi connectivity index (χ1n) is 4.59. The highest BCUT2D eigenvalue weighted by Crippen LogP contribution is 2.38. The summed E-state index contributed by atoms with van der Waals surface area (Å²) in [5.74, 6) is -0.371. The first-order chi connectivity index (χ1) is 6.65. The van der Waals surface area contributed by atoms with Gasteiger partial charge in [-0.3, -0.25) is 0 Å². The van der Waals surface area contributed by atoms with Crippen LogP contribution in [0.5, 0.6) is 0 Å². The topological polar surface area (TPSA) is 58.3 Å². The number of anilines is 2. The molecule has 1 aliphatic carbocycles. The van der Waals surface area contributed by atoms with Crippen molar-refractivity contribution in [1.82, 2.24) is 0 Å². The molecular formula is C10H13FN2O. The summed E-state index contributed by atoms with van der Waals surface area (Å²) >= 11 is 0. The quantitative estimate of drug-likeness (QED) is 0.639. The van der Waals surface area contributed by atoms with Crippen molar-refractivity contribution in [3.63, 3.8) is 0 Å². The Kier molecular flexibility index (Phi) is 2.07. The normalized spacial score (nSPS) is 17.9. The summed E-state index contributed by atoms with van der Waals surface area (Å²) in [4.78, 5) is 0. The monoisotopic (exact) mass is 196 g/mol. The van der Waals surface area contributed by atoms with E-state index >= 15 is 0 Å². The number of nitrogen functional groups attached to an aromatic ring is 1. The number of aliphatic hydroxyl groups excluding tert-OH is 1. The van der Waals surface area contributed by atoms with Crippen molar-refractivity contribution < 1.29 is 9.50 Å². The maximum absolute atomic E-state index is 13.3. The van der Waals surface area contributed by atoms with Gasteiger partial charge in [-0.2, -0.15) is 0 Å². The molecule has 3 nitrogen and oxygen atoms in total. The van der Waals surface area contributed by atoms with E-state index in [1.54, 1.807) is 12.1 Å². The second-order valence-electron chi connectivity index (χ2n) is 3.80. The molecule has 1 fully saturated rings. The average Bonchev–Trinajstić information content (AvgIpc) is 2.91. The number of halogens is 1. The standard InChI is InChI=1S/C10H13FN2O/c11-8-5-7(12)1-2-9(8)13-10(6-14)3-4-10/h1-2,5,13-14H,3-4,6,12H2. The average molecular weight is 196 g/mol. The minimum absolute atomic E-state index is 0.0385. The molecule has 0 spiro atoms. The van der Waals surface area contributed by atoms with E-state index in [0.29, 0.717) is 11.4 Å². The smallest absolute Gasteiger partial charge is 0.148 e. The second kappa shape index (κ2) is 3.13. The zero-order chi connectivity index (χ0) is 10.2. The summed E-state index contributed by atoms with van der Waals surface area (Å²) in [5.41, 5.74) is 5.94. The molecule has 1 aliphatic rings. The van der Waals surface area contributed by atoms with E-state index in [0.717, 1.165) is 12.8 Å². The minimum atomic E-state index is -0.371. The van der Waals surface area contributed by atoms with Crippen LogP contribution < -0.4 is 11.1 Å². The first kappa shape index (κ1) is 9.27. The molecule has 0 atom stereocenters. The van der Waals surface area contributed by atoms with Crippen LogP contribution in [0.1, 0.15) is 12.8 Å². The summed E-state index contributed by atoms with van der Waals surface area (Å²) < 4.78 is 13.3. The van der Waals surface area contributed by atoms with Crippen LogP contribution in [-0.4, -0.2) is 17.3 Å². The fourth-order valence-electron chi connectivity index (χ4n) is 1.39. The molecule has 1 saturated carbocycles. The molecule has 0 aliphatic heterocycles. The number of nitrogens with two attached hydrogens (primary N) is 1. The lowest BCUT2D eigenvalue weighted by Crippen LogP contribution is -2.26. The maximum Gasteiger partial charge on any atom is 0.148 e. The van der Waals surface area contributed by atoms with Crippen LogP contribution in [0.2, 0.25) is 0 Å². The predicted octanol–water partition coefficient (Wildman–Crippen LogP) is 1.34. The number of rotatable bonds is 3. The van der Waals surface area contributed by atoms with Gasteiger partial charge in [0.1, 0.15) is 5.82 Å². The summed E-state index contributed by atoms with van der Waals surface area (Å²) in [5, 5.41) is 12.0. The van der Waals surface area contributed by atoms with Crippen molar-refractivity contribution in [2.24, 2.45) is 0 Å². The second-order valence-corrected chi connectivity index (χ2v) is 3.80.